The fraction of sp³-hybridized carbons (Fsp3) is 0.280. The van der Waals surface area contributed by atoms with E-state index < -0.39 is 59.4 Å². The third-order valence-corrected chi connectivity index (χ3v) is 6.70. The molecule has 39 heavy (non-hydrogen) atoms. The lowest BCUT2D eigenvalue weighted by Gasteiger charge is -2.20. The van der Waals surface area contributed by atoms with Crippen LogP contribution in [0.25, 0.3) is 11.1 Å². The number of fused-ring (bicyclic) bond motifs is 3. The lowest BCUT2D eigenvalue weighted by Crippen LogP contribution is -2.49. The van der Waals surface area contributed by atoms with E-state index in [9.17, 15) is 27.6 Å². The predicted octanol–water partition coefficient (Wildman–Crippen LogP) is 1.13. The standard InChI is InChI=1S/C25H25N3O10S/c1-15-10-22(29)28(25(33)27(15)12-23(30)31)11-16(13-38-39(34,35)36)26-24(32)37-14-21-19-8-4-2-6-17(19)18-7-3-5-9-20(18)21/h2-10,16,21H,11-14H2,1H3,(H,26,32)(H,30,31)(H,34,35,36)/t16-/m1/s1. The molecule has 0 unspecified atom stereocenters. The van der Waals surface area contributed by atoms with Crippen molar-refractivity contribution >= 4 is 22.5 Å². The van der Waals surface area contributed by atoms with E-state index in [2.05, 4.69) is 9.50 Å². The Kier molecular flexibility index (Phi) is 7.99. The molecule has 0 fully saturated rings. The minimum absolute atomic E-state index is 0.0678. The van der Waals surface area contributed by atoms with E-state index >= 15 is 0 Å². The quantitative estimate of drug-likeness (QED) is 0.304. The first kappa shape index (κ1) is 27.8. The van der Waals surface area contributed by atoms with Crippen LogP contribution < -0.4 is 16.6 Å². The molecule has 1 aromatic heterocycles. The molecule has 206 valence electrons. The van der Waals surface area contributed by atoms with Crippen molar-refractivity contribution in [2.75, 3.05) is 13.2 Å². The van der Waals surface area contributed by atoms with Gasteiger partial charge in [-0.15, -0.1) is 0 Å². The summed E-state index contributed by atoms with van der Waals surface area (Å²) < 4.78 is 42.6. The number of carbonyl (C=O) groups excluding carboxylic acids is 1. The normalized spacial score (nSPS) is 13.4. The van der Waals surface area contributed by atoms with Crippen LogP contribution in [-0.4, -0.2) is 58.5 Å². The molecule has 3 aromatic rings. The molecule has 1 aliphatic rings. The molecule has 0 spiro atoms. The molecule has 0 saturated carbocycles. The Hall–Kier alpha value is -4.27. The van der Waals surface area contributed by atoms with Crippen LogP contribution in [0.2, 0.25) is 0 Å². The number of carboxylic acids is 1. The summed E-state index contributed by atoms with van der Waals surface area (Å²) in [6.45, 7) is -0.860. The number of hydrogen-bond donors (Lipinski definition) is 3. The highest BCUT2D eigenvalue weighted by atomic mass is 32.3. The molecule has 0 bridgehead atoms. The molecule has 13 nitrogen and oxygen atoms in total. The smallest absolute Gasteiger partial charge is 0.407 e. The average molecular weight is 560 g/mol. The van der Waals surface area contributed by atoms with Crippen LogP contribution in [0.4, 0.5) is 4.79 Å². The van der Waals surface area contributed by atoms with Crippen molar-refractivity contribution in [2.45, 2.75) is 32.0 Å². The Morgan fingerprint density at radius 3 is 2.18 bits per heavy atom. The first-order valence-electron chi connectivity index (χ1n) is 11.7. The summed E-state index contributed by atoms with van der Waals surface area (Å²) in [5.41, 5.74) is 2.24. The van der Waals surface area contributed by atoms with Gasteiger partial charge in [0.25, 0.3) is 5.56 Å². The molecule has 1 atom stereocenters. The van der Waals surface area contributed by atoms with E-state index in [4.69, 9.17) is 14.4 Å². The van der Waals surface area contributed by atoms with Gasteiger partial charge in [0.05, 0.1) is 19.2 Å². The van der Waals surface area contributed by atoms with Gasteiger partial charge in [-0.05, 0) is 29.2 Å². The number of aromatic nitrogens is 2. The van der Waals surface area contributed by atoms with Crippen LogP contribution in [-0.2, 0) is 37.2 Å². The summed E-state index contributed by atoms with van der Waals surface area (Å²) in [5, 5.41) is 11.4. The molecule has 4 rings (SSSR count). The Morgan fingerprint density at radius 2 is 1.62 bits per heavy atom. The van der Waals surface area contributed by atoms with Crippen molar-refractivity contribution in [3.63, 3.8) is 0 Å². The van der Waals surface area contributed by atoms with Gasteiger partial charge >= 0.3 is 28.2 Å². The van der Waals surface area contributed by atoms with Crippen molar-refractivity contribution in [2.24, 2.45) is 0 Å². The van der Waals surface area contributed by atoms with E-state index in [1.807, 2.05) is 48.5 Å². The lowest BCUT2D eigenvalue weighted by atomic mass is 9.98. The van der Waals surface area contributed by atoms with E-state index in [0.717, 1.165) is 32.9 Å². The fourth-order valence-electron chi connectivity index (χ4n) is 4.56. The maximum atomic E-state index is 12.8. The Bertz CT molecular complexity index is 1600. The monoisotopic (exact) mass is 559 g/mol. The summed E-state index contributed by atoms with van der Waals surface area (Å²) in [7, 11) is -4.93. The number of ether oxygens (including phenoxy) is 1. The van der Waals surface area contributed by atoms with Gasteiger partial charge in [-0.25, -0.2) is 13.8 Å². The molecular formula is C25H25N3O10S. The molecule has 1 heterocycles. The topological polar surface area (TPSA) is 183 Å². The molecule has 2 aromatic carbocycles. The van der Waals surface area contributed by atoms with Gasteiger partial charge in [0, 0.05) is 17.7 Å². The molecule has 0 radical (unpaired) electrons. The number of nitrogens with one attached hydrogen (secondary N) is 1. The highest BCUT2D eigenvalue weighted by molar-refractivity contribution is 7.80. The average Bonchev–Trinajstić information content (AvgIpc) is 3.19. The summed E-state index contributed by atoms with van der Waals surface area (Å²) in [6, 6.07) is 15.0. The van der Waals surface area contributed by atoms with Gasteiger partial charge < -0.3 is 15.2 Å². The number of rotatable bonds is 10. The van der Waals surface area contributed by atoms with Gasteiger partial charge in [0.2, 0.25) is 0 Å². The molecule has 1 aliphatic carbocycles. The zero-order valence-electron chi connectivity index (χ0n) is 20.6. The van der Waals surface area contributed by atoms with Gasteiger partial charge in [0.1, 0.15) is 13.2 Å². The van der Waals surface area contributed by atoms with Crippen molar-refractivity contribution in [3.8, 4) is 11.1 Å². The SMILES string of the molecule is Cc1cc(=O)n(C[C@H](COS(=O)(=O)O)NC(=O)OCC2c3ccccc3-c3ccccc32)c(=O)n1CC(=O)O. The number of aliphatic carboxylic acids is 1. The number of aryl methyl sites for hydroxylation is 1. The molecule has 1 amide bonds. The zero-order chi connectivity index (χ0) is 28.3. The number of amides is 1. The van der Waals surface area contributed by atoms with Crippen LogP contribution in [0.15, 0.2) is 64.2 Å². The lowest BCUT2D eigenvalue weighted by molar-refractivity contribution is -0.137. The van der Waals surface area contributed by atoms with Crippen LogP contribution in [0.5, 0.6) is 0 Å². The predicted molar refractivity (Wildman–Crippen MR) is 137 cm³/mol. The fourth-order valence-corrected chi connectivity index (χ4v) is 4.89. The van der Waals surface area contributed by atoms with E-state index in [1.54, 1.807) is 0 Å². The van der Waals surface area contributed by atoms with Gasteiger partial charge in [-0.1, -0.05) is 48.5 Å². The first-order chi connectivity index (χ1) is 18.4. The summed E-state index contributed by atoms with van der Waals surface area (Å²) in [4.78, 5) is 49.2. The van der Waals surface area contributed by atoms with Crippen molar-refractivity contribution < 1.29 is 36.6 Å². The van der Waals surface area contributed by atoms with Gasteiger partial charge in [0.15, 0.2) is 0 Å². The number of benzene rings is 2. The van der Waals surface area contributed by atoms with Crippen molar-refractivity contribution in [3.05, 3.63) is 92.3 Å². The van der Waals surface area contributed by atoms with Gasteiger partial charge in [-0.2, -0.15) is 8.42 Å². The van der Waals surface area contributed by atoms with Crippen LogP contribution in [0.3, 0.4) is 0 Å². The van der Waals surface area contributed by atoms with Gasteiger partial charge in [-0.3, -0.25) is 23.3 Å². The molecule has 0 aliphatic heterocycles. The summed E-state index contributed by atoms with van der Waals surface area (Å²) >= 11 is 0. The highest BCUT2D eigenvalue weighted by Gasteiger charge is 2.29. The number of nitrogens with zero attached hydrogens (tertiary/aromatic N) is 2. The van der Waals surface area contributed by atoms with Crippen molar-refractivity contribution in [1.29, 1.82) is 0 Å². The Morgan fingerprint density at radius 1 is 1.03 bits per heavy atom. The maximum absolute atomic E-state index is 12.8. The summed E-state index contributed by atoms with van der Waals surface area (Å²) in [5.74, 6) is -1.59. The number of hydrogen-bond acceptors (Lipinski definition) is 8. The number of carbonyl (C=O) groups is 2. The third kappa shape index (κ3) is 6.42. The number of carboxylic acid groups (broad SMARTS) is 1. The number of alkyl carbamates (subject to hydrolysis) is 1. The van der Waals surface area contributed by atoms with Crippen LogP contribution in [0, 0.1) is 6.92 Å². The molecule has 14 heteroatoms. The molecule has 0 saturated heterocycles. The summed E-state index contributed by atoms with van der Waals surface area (Å²) in [6.07, 6.45) is -0.994. The molecule has 3 N–H and O–H groups in total. The van der Waals surface area contributed by atoms with E-state index in [-0.39, 0.29) is 18.2 Å². The van der Waals surface area contributed by atoms with E-state index in [1.165, 1.54) is 6.92 Å². The Labute approximate surface area is 222 Å². The second kappa shape index (κ2) is 11.2. The maximum Gasteiger partial charge on any atom is 0.407 e. The highest BCUT2D eigenvalue weighted by Crippen LogP contribution is 2.44. The molecular weight excluding hydrogens is 534 g/mol. The zero-order valence-corrected chi connectivity index (χ0v) is 21.5. The Balaban J connectivity index is 1.53. The minimum Gasteiger partial charge on any atom is -0.480 e. The van der Waals surface area contributed by atoms with Crippen LogP contribution in [0.1, 0.15) is 22.7 Å². The van der Waals surface area contributed by atoms with Crippen LogP contribution >= 0.6 is 0 Å². The third-order valence-electron chi connectivity index (χ3n) is 6.27. The minimum atomic E-state index is -4.93. The van der Waals surface area contributed by atoms with Crippen molar-refractivity contribution in [1.82, 2.24) is 14.5 Å². The largest absolute Gasteiger partial charge is 0.480 e. The second-order valence-electron chi connectivity index (χ2n) is 8.88. The van der Waals surface area contributed by atoms with E-state index in [0.29, 0.717) is 4.57 Å². The second-order valence-corrected chi connectivity index (χ2v) is 9.97. The first-order valence-corrected chi connectivity index (χ1v) is 13.1.